The number of benzene rings is 1. The van der Waals surface area contributed by atoms with E-state index in [9.17, 15) is 40.0 Å². The van der Waals surface area contributed by atoms with E-state index in [1.807, 2.05) is 0 Å². The van der Waals surface area contributed by atoms with E-state index in [0.29, 0.717) is 0 Å². The molecule has 1 fully saturated rings. The number of carbonyl (C=O) groups is 3. The Morgan fingerprint density at radius 3 is 2.35 bits per heavy atom. The molecule has 1 unspecified atom stereocenters. The predicted octanol–water partition coefficient (Wildman–Crippen LogP) is 0.314. The average Bonchev–Trinajstić information content (AvgIpc) is 2.76. The zero-order valence-corrected chi connectivity index (χ0v) is 20.0. The lowest BCUT2D eigenvalue weighted by atomic mass is 10.1. The molecule has 1 N–H and O–H groups in total. The molecule has 1 aromatic carbocycles. The Labute approximate surface area is 196 Å². The largest absolute Gasteiger partial charge is 0.435 e. The zero-order valence-electron chi connectivity index (χ0n) is 18.4. The van der Waals surface area contributed by atoms with Crippen LogP contribution >= 0.6 is 0 Å². The summed E-state index contributed by atoms with van der Waals surface area (Å²) in [6.45, 7) is -1.82. The number of nitrogens with one attached hydrogen (secondary N) is 1. The summed E-state index contributed by atoms with van der Waals surface area (Å²) in [6, 6.07) is 4.20. The summed E-state index contributed by atoms with van der Waals surface area (Å²) in [6.07, 6.45) is -0.451. The molecule has 0 bridgehead atoms. The molecule has 0 spiro atoms. The van der Waals surface area contributed by atoms with Crippen molar-refractivity contribution in [2.24, 2.45) is 0 Å². The van der Waals surface area contributed by atoms with Crippen LogP contribution in [0.25, 0.3) is 0 Å². The maximum absolute atomic E-state index is 12.5. The van der Waals surface area contributed by atoms with Gasteiger partial charge in [0.05, 0.1) is 29.1 Å². The number of ether oxygens (including phenoxy) is 1. The van der Waals surface area contributed by atoms with Crippen LogP contribution in [-0.2, 0) is 39.8 Å². The van der Waals surface area contributed by atoms with Crippen LogP contribution in [0.15, 0.2) is 24.3 Å². The number of rotatable bonds is 11. The molecular weight excluding hydrogens is 498 g/mol. The highest BCUT2D eigenvalue weighted by atomic mass is 32.2. The molecule has 1 aliphatic rings. The van der Waals surface area contributed by atoms with Crippen LogP contribution in [0.3, 0.4) is 0 Å². The van der Waals surface area contributed by atoms with E-state index in [-0.39, 0.29) is 42.3 Å². The second kappa shape index (κ2) is 11.7. The number of nitrogens with zero attached hydrogens (tertiary/aromatic N) is 1. The highest BCUT2D eigenvalue weighted by molar-refractivity contribution is 7.91. The minimum Gasteiger partial charge on any atom is -0.435 e. The number of hydrogen-bond donors (Lipinski definition) is 1. The van der Waals surface area contributed by atoms with Gasteiger partial charge in [0.25, 0.3) is 5.91 Å². The Balaban J connectivity index is 1.92. The van der Waals surface area contributed by atoms with Crippen molar-refractivity contribution in [2.45, 2.75) is 38.2 Å². The molecule has 1 saturated heterocycles. The van der Waals surface area contributed by atoms with Gasteiger partial charge in [-0.15, -0.1) is 0 Å². The van der Waals surface area contributed by atoms with E-state index in [2.05, 4.69) is 10.1 Å². The average molecular weight is 525 g/mol. The van der Waals surface area contributed by atoms with Crippen molar-refractivity contribution < 1.29 is 44.7 Å². The lowest BCUT2D eigenvalue weighted by Crippen LogP contribution is -2.52. The van der Waals surface area contributed by atoms with Crippen LogP contribution in [0.5, 0.6) is 5.75 Å². The molecule has 10 nitrogen and oxygen atoms in total. The van der Waals surface area contributed by atoms with E-state index >= 15 is 0 Å². The molecule has 0 aromatic heterocycles. The first-order chi connectivity index (χ1) is 15.8. The van der Waals surface area contributed by atoms with Crippen molar-refractivity contribution in [1.82, 2.24) is 10.2 Å². The normalized spacial score (nSPS) is 16.6. The Hall–Kier alpha value is -2.61. The van der Waals surface area contributed by atoms with Crippen molar-refractivity contribution in [3.05, 3.63) is 29.8 Å². The van der Waals surface area contributed by atoms with E-state index in [0.717, 1.165) is 4.90 Å². The van der Waals surface area contributed by atoms with E-state index in [1.54, 1.807) is 6.92 Å². The third-order valence-electron chi connectivity index (χ3n) is 5.11. The van der Waals surface area contributed by atoms with E-state index in [4.69, 9.17) is 0 Å². The monoisotopic (exact) mass is 524 g/mol. The number of sulfone groups is 2. The summed E-state index contributed by atoms with van der Waals surface area (Å²) < 4.78 is 77.1. The van der Waals surface area contributed by atoms with Crippen molar-refractivity contribution in [3.63, 3.8) is 0 Å². The molecule has 2 rings (SSSR count). The number of halogens is 2. The van der Waals surface area contributed by atoms with Gasteiger partial charge in [-0.3, -0.25) is 14.4 Å². The number of hydrogen-bond acceptors (Lipinski definition) is 8. The van der Waals surface area contributed by atoms with Crippen molar-refractivity contribution in [1.29, 1.82) is 0 Å². The van der Waals surface area contributed by atoms with Crippen LogP contribution in [0.1, 0.15) is 25.3 Å². The van der Waals surface area contributed by atoms with Crippen LogP contribution in [-0.4, -0.2) is 82.3 Å². The lowest BCUT2D eigenvalue weighted by molar-refractivity contribution is -0.146. The minimum atomic E-state index is -3.90. The minimum absolute atomic E-state index is 0.0129. The number of para-hydroxylation sites is 1. The fourth-order valence-electron chi connectivity index (χ4n) is 3.23. The third-order valence-corrected chi connectivity index (χ3v) is 8.29. The number of amides is 2. The van der Waals surface area contributed by atoms with Crippen molar-refractivity contribution >= 4 is 37.3 Å². The van der Waals surface area contributed by atoms with Gasteiger partial charge in [-0.2, -0.15) is 8.78 Å². The summed E-state index contributed by atoms with van der Waals surface area (Å²) in [5.41, 5.74) is 0.0129. The maximum atomic E-state index is 12.5. The van der Waals surface area contributed by atoms with Crippen molar-refractivity contribution in [2.75, 3.05) is 30.3 Å². The molecule has 2 amide bonds. The first kappa shape index (κ1) is 27.6. The van der Waals surface area contributed by atoms with Crippen LogP contribution in [0.2, 0.25) is 0 Å². The molecule has 1 heterocycles. The number of Topliss-reactive ketones (excluding diaryl/α,β-unsaturated/α-hetero) is 1. The van der Waals surface area contributed by atoms with Crippen LogP contribution in [0.4, 0.5) is 8.78 Å². The van der Waals surface area contributed by atoms with Gasteiger partial charge < -0.3 is 15.0 Å². The van der Waals surface area contributed by atoms with Gasteiger partial charge in [-0.25, -0.2) is 16.8 Å². The second-order valence-electron chi connectivity index (χ2n) is 7.66. The third kappa shape index (κ3) is 8.31. The first-order valence-corrected chi connectivity index (χ1v) is 14.0. The topological polar surface area (TPSA) is 144 Å². The molecule has 1 aromatic rings. The SMILES string of the molecule is CCC(NC(=O)CCS(=O)(=O)Cc1ccccc1OC(F)F)C(=O)C(=O)N1CCS(=O)(=O)CC1. The Morgan fingerprint density at radius 1 is 1.15 bits per heavy atom. The molecule has 1 aliphatic heterocycles. The maximum Gasteiger partial charge on any atom is 0.387 e. The Morgan fingerprint density at radius 2 is 1.76 bits per heavy atom. The van der Waals surface area contributed by atoms with Crippen LogP contribution in [0, 0.1) is 0 Å². The standard InChI is InChI=1S/C20H26F2N2O8S2/c1-2-15(18(26)19(27)24-8-11-33(28,29)12-9-24)23-17(25)7-10-34(30,31)13-14-5-3-4-6-16(14)32-20(21)22/h3-6,15,20H,2,7-13H2,1H3,(H,23,25). The molecular formula is C20H26F2N2O8S2. The fourth-order valence-corrected chi connectivity index (χ4v) is 5.79. The number of ketones is 1. The summed E-state index contributed by atoms with van der Waals surface area (Å²) in [7, 11) is -7.15. The smallest absolute Gasteiger partial charge is 0.387 e. The van der Waals surface area contributed by atoms with Crippen LogP contribution < -0.4 is 10.1 Å². The predicted molar refractivity (Wildman–Crippen MR) is 118 cm³/mol. The van der Waals surface area contributed by atoms with Gasteiger partial charge in [0.2, 0.25) is 11.7 Å². The molecule has 0 radical (unpaired) electrons. The van der Waals surface area contributed by atoms with E-state index in [1.165, 1.54) is 24.3 Å². The van der Waals surface area contributed by atoms with Gasteiger partial charge in [-0.05, 0) is 12.5 Å². The Kier molecular flexibility index (Phi) is 9.50. The molecule has 1 atom stereocenters. The summed E-state index contributed by atoms with van der Waals surface area (Å²) in [5.74, 6) is -4.65. The highest BCUT2D eigenvalue weighted by Crippen LogP contribution is 2.23. The molecule has 14 heteroatoms. The lowest BCUT2D eigenvalue weighted by Gasteiger charge is -2.27. The fraction of sp³-hybridized carbons (Fsp3) is 0.550. The number of alkyl halides is 2. The summed E-state index contributed by atoms with van der Waals surface area (Å²) in [5, 5.41) is 2.33. The van der Waals surface area contributed by atoms with Crippen molar-refractivity contribution in [3.8, 4) is 5.75 Å². The molecule has 190 valence electrons. The first-order valence-electron chi connectivity index (χ1n) is 10.4. The zero-order chi connectivity index (χ0) is 25.5. The summed E-state index contributed by atoms with van der Waals surface area (Å²) >= 11 is 0. The van der Waals surface area contributed by atoms with Gasteiger partial charge in [0.15, 0.2) is 19.7 Å². The van der Waals surface area contributed by atoms with E-state index < -0.39 is 67.9 Å². The molecule has 34 heavy (non-hydrogen) atoms. The van der Waals surface area contributed by atoms with Gasteiger partial charge in [0, 0.05) is 25.1 Å². The quantitative estimate of drug-likeness (QED) is 0.408. The molecule has 0 saturated carbocycles. The van der Waals surface area contributed by atoms with Gasteiger partial charge >= 0.3 is 6.61 Å². The van der Waals surface area contributed by atoms with Gasteiger partial charge in [-0.1, -0.05) is 25.1 Å². The Bertz CT molecular complexity index is 1110. The van der Waals surface area contributed by atoms with Gasteiger partial charge in [0.1, 0.15) is 5.75 Å². The highest BCUT2D eigenvalue weighted by Gasteiger charge is 2.33. The molecule has 0 aliphatic carbocycles. The second-order valence-corrected chi connectivity index (χ2v) is 12.2. The summed E-state index contributed by atoms with van der Waals surface area (Å²) in [4.78, 5) is 38.2. The number of carbonyl (C=O) groups excluding carboxylic acids is 3.